The molecule has 2 aromatic rings. The number of amides is 1. The van der Waals surface area contributed by atoms with Gasteiger partial charge in [0.2, 0.25) is 0 Å². The molecule has 0 bridgehead atoms. The van der Waals surface area contributed by atoms with Gasteiger partial charge in [0, 0.05) is 18.7 Å². The van der Waals surface area contributed by atoms with E-state index in [0.29, 0.717) is 18.0 Å². The SMILES string of the molecule is COc1ccc(-n2nc(C(F)(F)F)c3c2C(=O)N(CCCCN(C)C)CC3)cc1. The average molecular weight is 410 g/mol. The maximum atomic E-state index is 13.5. The largest absolute Gasteiger partial charge is 0.497 e. The zero-order valence-electron chi connectivity index (χ0n) is 16.8. The van der Waals surface area contributed by atoms with Crippen molar-refractivity contribution in [3.8, 4) is 11.4 Å². The van der Waals surface area contributed by atoms with Crippen LogP contribution < -0.4 is 4.74 Å². The summed E-state index contributed by atoms with van der Waals surface area (Å²) in [6.07, 6.45) is -2.77. The normalized spacial score (nSPS) is 14.4. The van der Waals surface area contributed by atoms with E-state index in [-0.39, 0.29) is 24.2 Å². The number of benzene rings is 1. The van der Waals surface area contributed by atoms with Gasteiger partial charge in [0.05, 0.1) is 12.8 Å². The summed E-state index contributed by atoms with van der Waals surface area (Å²) in [5, 5.41) is 3.79. The first-order valence-electron chi connectivity index (χ1n) is 9.50. The molecule has 0 fully saturated rings. The summed E-state index contributed by atoms with van der Waals surface area (Å²) in [6.45, 7) is 1.68. The zero-order valence-corrected chi connectivity index (χ0v) is 16.8. The molecule has 0 unspecified atom stereocenters. The van der Waals surface area contributed by atoms with Gasteiger partial charge in [-0.15, -0.1) is 0 Å². The Kier molecular flexibility index (Phi) is 6.16. The Morgan fingerprint density at radius 2 is 1.86 bits per heavy atom. The molecule has 1 amide bonds. The summed E-state index contributed by atoms with van der Waals surface area (Å²) in [5.74, 6) is 0.162. The van der Waals surface area contributed by atoms with E-state index in [4.69, 9.17) is 4.74 Å². The van der Waals surface area contributed by atoms with Gasteiger partial charge in [-0.1, -0.05) is 0 Å². The van der Waals surface area contributed by atoms with Crippen LogP contribution in [0.15, 0.2) is 24.3 Å². The van der Waals surface area contributed by atoms with Gasteiger partial charge in [-0.25, -0.2) is 4.68 Å². The fourth-order valence-electron chi connectivity index (χ4n) is 3.49. The molecule has 9 heteroatoms. The Labute approximate surface area is 167 Å². The van der Waals surface area contributed by atoms with Crippen LogP contribution in [0.5, 0.6) is 5.75 Å². The molecule has 3 rings (SSSR count). The molecular formula is C20H25F3N4O2. The van der Waals surface area contributed by atoms with Crippen molar-refractivity contribution in [1.29, 1.82) is 0 Å². The topological polar surface area (TPSA) is 50.6 Å². The third-order valence-corrected chi connectivity index (χ3v) is 4.97. The van der Waals surface area contributed by atoms with Crippen molar-refractivity contribution in [2.75, 3.05) is 40.8 Å². The van der Waals surface area contributed by atoms with Gasteiger partial charge in [0.1, 0.15) is 11.4 Å². The second-order valence-electron chi connectivity index (χ2n) is 7.34. The van der Waals surface area contributed by atoms with E-state index in [9.17, 15) is 18.0 Å². The second-order valence-corrected chi connectivity index (χ2v) is 7.34. The number of methoxy groups -OCH3 is 1. The van der Waals surface area contributed by atoms with Crippen molar-refractivity contribution >= 4 is 5.91 Å². The molecule has 0 radical (unpaired) electrons. The van der Waals surface area contributed by atoms with Gasteiger partial charge >= 0.3 is 6.18 Å². The van der Waals surface area contributed by atoms with Crippen LogP contribution in [0.4, 0.5) is 13.2 Å². The monoisotopic (exact) mass is 410 g/mol. The summed E-state index contributed by atoms with van der Waals surface area (Å²) in [7, 11) is 5.46. The lowest BCUT2D eigenvalue weighted by molar-refractivity contribution is -0.142. The quantitative estimate of drug-likeness (QED) is 0.658. The van der Waals surface area contributed by atoms with Crippen molar-refractivity contribution in [3.63, 3.8) is 0 Å². The third kappa shape index (κ3) is 4.55. The molecule has 29 heavy (non-hydrogen) atoms. The molecular weight excluding hydrogens is 385 g/mol. The van der Waals surface area contributed by atoms with Crippen LogP contribution in [0.2, 0.25) is 0 Å². The molecule has 1 aromatic carbocycles. The number of nitrogens with zero attached hydrogens (tertiary/aromatic N) is 4. The van der Waals surface area contributed by atoms with Gasteiger partial charge < -0.3 is 14.5 Å². The van der Waals surface area contributed by atoms with E-state index in [2.05, 4.69) is 10.00 Å². The maximum absolute atomic E-state index is 13.5. The molecule has 0 saturated heterocycles. The number of aromatic nitrogens is 2. The van der Waals surface area contributed by atoms with Crippen LogP contribution in [0.1, 0.15) is 34.6 Å². The number of hydrogen-bond acceptors (Lipinski definition) is 4. The number of carbonyl (C=O) groups is 1. The van der Waals surface area contributed by atoms with Gasteiger partial charge in [-0.3, -0.25) is 4.79 Å². The van der Waals surface area contributed by atoms with E-state index < -0.39 is 17.8 Å². The van der Waals surface area contributed by atoms with Crippen LogP contribution >= 0.6 is 0 Å². The molecule has 0 spiro atoms. The summed E-state index contributed by atoms with van der Waals surface area (Å²) in [6, 6.07) is 6.44. The van der Waals surface area contributed by atoms with Crippen LogP contribution in [-0.4, -0.2) is 66.3 Å². The predicted octanol–water partition coefficient (Wildman–Crippen LogP) is 3.24. The van der Waals surface area contributed by atoms with Crippen molar-refractivity contribution in [3.05, 3.63) is 41.2 Å². The summed E-state index contributed by atoms with van der Waals surface area (Å²) >= 11 is 0. The second kappa shape index (κ2) is 8.44. The predicted molar refractivity (Wildman–Crippen MR) is 103 cm³/mol. The highest BCUT2D eigenvalue weighted by atomic mass is 19.4. The average Bonchev–Trinajstić information content (AvgIpc) is 3.07. The Balaban J connectivity index is 1.93. The zero-order chi connectivity index (χ0) is 21.2. The number of fused-ring (bicyclic) bond motifs is 1. The minimum atomic E-state index is -4.62. The van der Waals surface area contributed by atoms with Gasteiger partial charge in [-0.05, 0) is 64.2 Å². The van der Waals surface area contributed by atoms with Crippen LogP contribution in [-0.2, 0) is 12.6 Å². The molecule has 1 aromatic heterocycles. The molecule has 6 nitrogen and oxygen atoms in total. The fraction of sp³-hybridized carbons (Fsp3) is 0.500. The van der Waals surface area contributed by atoms with E-state index in [1.807, 2.05) is 14.1 Å². The molecule has 158 valence electrons. The Bertz CT molecular complexity index is 860. The van der Waals surface area contributed by atoms with Crippen LogP contribution in [0, 0.1) is 0 Å². The van der Waals surface area contributed by atoms with Crippen LogP contribution in [0.3, 0.4) is 0 Å². The van der Waals surface area contributed by atoms with E-state index >= 15 is 0 Å². The summed E-state index contributed by atoms with van der Waals surface area (Å²) in [4.78, 5) is 16.7. The maximum Gasteiger partial charge on any atom is 0.435 e. The standard InChI is InChI=1S/C20H25F3N4O2/c1-25(2)11-4-5-12-26-13-10-16-17(19(26)28)27(24-18(16)20(21,22)23)14-6-8-15(29-3)9-7-14/h6-9H,4-5,10-13H2,1-3H3. The molecule has 1 aliphatic heterocycles. The first kappa shape index (κ1) is 21.2. The lowest BCUT2D eigenvalue weighted by Gasteiger charge is -2.28. The fourth-order valence-corrected chi connectivity index (χ4v) is 3.49. The smallest absolute Gasteiger partial charge is 0.435 e. The molecule has 0 N–H and O–H groups in total. The van der Waals surface area contributed by atoms with Crippen LogP contribution in [0.25, 0.3) is 5.69 Å². The number of hydrogen-bond donors (Lipinski definition) is 0. The lowest BCUT2D eigenvalue weighted by atomic mass is 10.0. The molecule has 2 heterocycles. The first-order valence-corrected chi connectivity index (χ1v) is 9.50. The number of alkyl halides is 3. The molecule has 0 aliphatic carbocycles. The number of carbonyl (C=O) groups excluding carboxylic acids is 1. The third-order valence-electron chi connectivity index (χ3n) is 4.97. The first-order chi connectivity index (χ1) is 13.7. The van der Waals surface area contributed by atoms with Crippen molar-refractivity contribution in [2.24, 2.45) is 0 Å². The molecule has 0 saturated carbocycles. The summed E-state index contributed by atoms with van der Waals surface area (Å²) in [5.41, 5.74) is -0.617. The van der Waals surface area contributed by atoms with Gasteiger partial charge in [0.15, 0.2) is 5.69 Å². The van der Waals surface area contributed by atoms with E-state index in [1.54, 1.807) is 29.2 Å². The number of unbranched alkanes of at least 4 members (excludes halogenated alkanes) is 1. The summed E-state index contributed by atoms with van der Waals surface area (Å²) < 4.78 is 46.9. The minimum Gasteiger partial charge on any atom is -0.497 e. The van der Waals surface area contributed by atoms with E-state index in [0.717, 1.165) is 24.1 Å². The highest BCUT2D eigenvalue weighted by molar-refractivity contribution is 5.96. The van der Waals surface area contributed by atoms with Gasteiger partial charge in [0.25, 0.3) is 5.91 Å². The van der Waals surface area contributed by atoms with Crippen molar-refractivity contribution in [2.45, 2.75) is 25.4 Å². The highest BCUT2D eigenvalue weighted by Crippen LogP contribution is 2.36. The van der Waals surface area contributed by atoms with Crippen molar-refractivity contribution < 1.29 is 22.7 Å². The highest BCUT2D eigenvalue weighted by Gasteiger charge is 2.43. The Morgan fingerprint density at radius 3 is 2.45 bits per heavy atom. The van der Waals surface area contributed by atoms with Crippen molar-refractivity contribution in [1.82, 2.24) is 19.6 Å². The lowest BCUT2D eigenvalue weighted by Crippen LogP contribution is -2.39. The minimum absolute atomic E-state index is 0.00125. The molecule has 1 aliphatic rings. The Hall–Kier alpha value is -2.55. The Morgan fingerprint density at radius 1 is 1.17 bits per heavy atom. The number of rotatable bonds is 7. The van der Waals surface area contributed by atoms with Gasteiger partial charge in [-0.2, -0.15) is 18.3 Å². The number of halogens is 3. The van der Waals surface area contributed by atoms with E-state index in [1.165, 1.54) is 7.11 Å². The molecule has 0 atom stereocenters. The number of ether oxygens (including phenoxy) is 1.